The Bertz CT molecular complexity index is 354. The molecule has 5 heteroatoms. The van der Waals surface area contributed by atoms with Crippen molar-refractivity contribution >= 4 is 28.0 Å². The summed E-state index contributed by atoms with van der Waals surface area (Å²) in [6.45, 7) is 0. The van der Waals surface area contributed by atoms with E-state index in [0.29, 0.717) is 5.69 Å². The number of hydrogen-bond donors (Lipinski definition) is 0. The van der Waals surface area contributed by atoms with Crippen molar-refractivity contribution in [3.05, 3.63) is 18.1 Å². The molecule has 0 unspecified atom stereocenters. The number of carbonyl (C=O) groups excluding carboxylic acids is 1. The molecule has 0 atom stereocenters. The molecule has 0 bridgehead atoms. The fraction of sp³-hybridized carbons (Fsp3) is 0.500. The van der Waals surface area contributed by atoms with Gasteiger partial charge in [-0.05, 0) is 0 Å². The first-order chi connectivity index (χ1) is 6.82. The van der Waals surface area contributed by atoms with Crippen LogP contribution in [0.5, 0.6) is 0 Å². The van der Waals surface area contributed by atoms with E-state index in [1.165, 1.54) is 4.90 Å². The van der Waals surface area contributed by atoms with Gasteiger partial charge in [0.2, 0.25) is 0 Å². The van der Waals surface area contributed by atoms with Gasteiger partial charge in [0.25, 0.3) is 0 Å². The van der Waals surface area contributed by atoms with Gasteiger partial charge in [-0.3, -0.25) is 0 Å². The van der Waals surface area contributed by atoms with Crippen LogP contribution in [0.4, 0.5) is 0 Å². The number of hydrogen-bond acceptors (Lipinski definition) is 3. The standard InChI is InChI=1S/C7H8N3O.3CH3.Sn/c1-10(2)7(11)6-5-8-3-4-9-6;;;;/h4-5H,1-2H3;3*1H3;. The second-order valence-electron chi connectivity index (χ2n) is 4.74. The Balaban J connectivity index is 2.96. The van der Waals surface area contributed by atoms with Crippen LogP contribution in [-0.4, -0.2) is 53.2 Å². The van der Waals surface area contributed by atoms with E-state index < -0.39 is 18.4 Å². The normalized spacial score (nSPS) is 11.3. The predicted molar refractivity (Wildman–Crippen MR) is 63.0 cm³/mol. The van der Waals surface area contributed by atoms with E-state index in [1.807, 2.05) is 0 Å². The zero-order chi connectivity index (χ0) is 11.6. The van der Waals surface area contributed by atoms with Crippen LogP contribution in [0.2, 0.25) is 14.8 Å². The third-order valence-electron chi connectivity index (χ3n) is 2.05. The van der Waals surface area contributed by atoms with Gasteiger partial charge in [-0.1, -0.05) is 0 Å². The molecule has 4 nitrogen and oxygen atoms in total. The van der Waals surface area contributed by atoms with Crippen LogP contribution in [0, 0.1) is 0 Å². The van der Waals surface area contributed by atoms with Crippen LogP contribution in [-0.2, 0) is 0 Å². The summed E-state index contributed by atoms with van der Waals surface area (Å²) < 4.78 is 1.10. The maximum absolute atomic E-state index is 11.5. The summed E-state index contributed by atoms with van der Waals surface area (Å²) >= 11 is -2.12. The van der Waals surface area contributed by atoms with Crippen molar-refractivity contribution in [1.29, 1.82) is 0 Å². The van der Waals surface area contributed by atoms with E-state index in [9.17, 15) is 4.79 Å². The van der Waals surface area contributed by atoms with Crippen molar-refractivity contribution in [3.63, 3.8) is 0 Å². The molecule has 0 aliphatic carbocycles. The molecule has 0 saturated carbocycles. The maximum atomic E-state index is 11.5. The first kappa shape index (κ1) is 12.4. The van der Waals surface area contributed by atoms with E-state index >= 15 is 0 Å². The molecule has 15 heavy (non-hydrogen) atoms. The van der Waals surface area contributed by atoms with Crippen LogP contribution < -0.4 is 3.71 Å². The van der Waals surface area contributed by atoms with Gasteiger partial charge in [-0.15, -0.1) is 0 Å². The minimum atomic E-state index is -2.12. The zero-order valence-electron chi connectivity index (χ0n) is 9.90. The summed E-state index contributed by atoms with van der Waals surface area (Å²) in [5, 5.41) is 0. The van der Waals surface area contributed by atoms with E-state index in [1.54, 1.807) is 26.5 Å². The Hall–Kier alpha value is -0.651. The van der Waals surface area contributed by atoms with Crippen LogP contribution >= 0.6 is 0 Å². The molecule has 0 aliphatic rings. The number of carbonyl (C=O) groups is 1. The van der Waals surface area contributed by atoms with E-state index in [4.69, 9.17) is 0 Å². The van der Waals surface area contributed by atoms with Crippen molar-refractivity contribution in [2.24, 2.45) is 0 Å². The molecule has 0 aliphatic heterocycles. The first-order valence-corrected chi connectivity index (χ1v) is 14.9. The quantitative estimate of drug-likeness (QED) is 0.756. The molecule has 0 radical (unpaired) electrons. The summed E-state index contributed by atoms with van der Waals surface area (Å²) in [4.78, 5) is 28.4. The summed E-state index contributed by atoms with van der Waals surface area (Å²) in [5.74, 6) is -0.0989. The average molecular weight is 314 g/mol. The van der Waals surface area contributed by atoms with E-state index in [-0.39, 0.29) is 5.91 Å². The minimum absolute atomic E-state index is 0.0989. The Morgan fingerprint density at radius 1 is 1.20 bits per heavy atom. The van der Waals surface area contributed by atoms with Gasteiger partial charge in [-0.25, -0.2) is 0 Å². The number of amides is 1. The van der Waals surface area contributed by atoms with Gasteiger partial charge in [0.1, 0.15) is 0 Å². The summed E-state index contributed by atoms with van der Waals surface area (Å²) in [6, 6.07) is 0. The van der Waals surface area contributed by atoms with Crippen molar-refractivity contribution < 1.29 is 4.79 Å². The molecule has 0 saturated heterocycles. The summed E-state index contributed by atoms with van der Waals surface area (Å²) in [5.41, 5.74) is 0.416. The third kappa shape index (κ3) is 3.15. The van der Waals surface area contributed by atoms with Crippen molar-refractivity contribution in [2.45, 2.75) is 14.8 Å². The van der Waals surface area contributed by atoms with E-state index in [0.717, 1.165) is 3.71 Å². The fourth-order valence-electron chi connectivity index (χ4n) is 1.05. The second kappa shape index (κ2) is 4.47. The van der Waals surface area contributed by atoms with Crippen LogP contribution in [0.3, 0.4) is 0 Å². The molecule has 1 rings (SSSR count). The molecule has 0 aromatic carbocycles. The fourth-order valence-corrected chi connectivity index (χ4v) is 3.63. The molecular formula is C10H17N3OSn. The summed E-state index contributed by atoms with van der Waals surface area (Å²) in [7, 11) is 3.42. The van der Waals surface area contributed by atoms with Crippen molar-refractivity contribution in [1.82, 2.24) is 14.9 Å². The van der Waals surface area contributed by atoms with Crippen molar-refractivity contribution in [2.75, 3.05) is 14.1 Å². The molecule has 1 amide bonds. The third-order valence-corrected chi connectivity index (χ3v) is 7.17. The molecular weight excluding hydrogens is 297 g/mol. The number of rotatable bonds is 2. The first-order valence-electron chi connectivity index (χ1n) is 4.86. The summed E-state index contributed by atoms with van der Waals surface area (Å²) in [6.07, 6.45) is 3.34. The molecule has 82 valence electrons. The number of aromatic nitrogens is 2. The Morgan fingerprint density at radius 2 is 1.80 bits per heavy atom. The van der Waals surface area contributed by atoms with Gasteiger partial charge in [0, 0.05) is 0 Å². The van der Waals surface area contributed by atoms with Gasteiger partial charge in [-0.2, -0.15) is 0 Å². The monoisotopic (exact) mass is 315 g/mol. The van der Waals surface area contributed by atoms with Gasteiger partial charge < -0.3 is 0 Å². The van der Waals surface area contributed by atoms with Gasteiger partial charge in [0.15, 0.2) is 0 Å². The Labute approximate surface area is 94.6 Å². The molecule has 1 aromatic heterocycles. The van der Waals surface area contributed by atoms with Gasteiger partial charge >= 0.3 is 94.7 Å². The molecule has 1 aromatic rings. The molecule has 0 spiro atoms. The predicted octanol–water partition coefficient (Wildman–Crippen LogP) is 0.724. The van der Waals surface area contributed by atoms with Crippen LogP contribution in [0.25, 0.3) is 0 Å². The Kier molecular flexibility index (Phi) is 3.70. The van der Waals surface area contributed by atoms with Crippen molar-refractivity contribution in [3.8, 4) is 0 Å². The number of nitrogens with zero attached hydrogens (tertiary/aromatic N) is 3. The average Bonchev–Trinajstić information content (AvgIpc) is 2.15. The Morgan fingerprint density at radius 3 is 2.13 bits per heavy atom. The molecule has 1 heterocycles. The second-order valence-corrected chi connectivity index (χ2v) is 19.0. The van der Waals surface area contributed by atoms with Crippen LogP contribution in [0.1, 0.15) is 10.5 Å². The van der Waals surface area contributed by atoms with Gasteiger partial charge in [0.05, 0.1) is 0 Å². The zero-order valence-corrected chi connectivity index (χ0v) is 12.8. The van der Waals surface area contributed by atoms with E-state index in [2.05, 4.69) is 24.8 Å². The topological polar surface area (TPSA) is 46.1 Å². The van der Waals surface area contributed by atoms with Crippen LogP contribution in [0.15, 0.2) is 12.4 Å². The molecule has 0 N–H and O–H groups in total. The molecule has 0 fully saturated rings. The SMILES string of the molecule is CN(C)C(=O)c1cn[c]([Sn]([CH3])([CH3])[CH3])cn1.